The summed E-state index contributed by atoms with van der Waals surface area (Å²) in [6, 6.07) is 10.5. The molecule has 0 spiro atoms. The van der Waals surface area contributed by atoms with E-state index in [1.54, 1.807) is 35.4 Å². The third-order valence-electron chi connectivity index (χ3n) is 4.67. The minimum atomic E-state index is -0.688. The molecule has 2 aromatic rings. The highest BCUT2D eigenvalue weighted by molar-refractivity contribution is 5.96. The Labute approximate surface area is 157 Å². The van der Waals surface area contributed by atoms with Crippen LogP contribution in [0.5, 0.6) is 5.88 Å². The second-order valence-corrected chi connectivity index (χ2v) is 6.20. The molecule has 1 amide bonds. The van der Waals surface area contributed by atoms with Crippen LogP contribution in [0.25, 0.3) is 11.1 Å². The van der Waals surface area contributed by atoms with Crippen LogP contribution in [0.3, 0.4) is 0 Å². The normalized spacial score (nSPS) is 18.7. The zero-order valence-corrected chi connectivity index (χ0v) is 15.3. The molecule has 7 nitrogen and oxygen atoms in total. The van der Waals surface area contributed by atoms with Gasteiger partial charge in [-0.3, -0.25) is 4.79 Å². The van der Waals surface area contributed by atoms with Crippen molar-refractivity contribution in [1.29, 1.82) is 5.26 Å². The van der Waals surface area contributed by atoms with Gasteiger partial charge in [-0.1, -0.05) is 12.1 Å². The number of carbonyl (C=O) groups is 1. The molecule has 1 aromatic heterocycles. The number of amides is 1. The first kappa shape index (κ1) is 18.8. The molecule has 0 unspecified atom stereocenters. The number of benzene rings is 1. The lowest BCUT2D eigenvalue weighted by atomic mass is 9.99. The molecule has 0 radical (unpaired) electrons. The summed E-state index contributed by atoms with van der Waals surface area (Å²) in [5.41, 5.74) is 2.16. The highest BCUT2D eigenvalue weighted by Crippen LogP contribution is 2.29. The lowest BCUT2D eigenvalue weighted by molar-refractivity contribution is 0.0520. The van der Waals surface area contributed by atoms with Gasteiger partial charge in [0.1, 0.15) is 11.6 Å². The zero-order chi connectivity index (χ0) is 19.4. The molecule has 2 atom stereocenters. The Hall–Kier alpha value is -2.95. The summed E-state index contributed by atoms with van der Waals surface area (Å²) in [4.78, 5) is 18.7. The fourth-order valence-electron chi connectivity index (χ4n) is 3.29. The van der Waals surface area contributed by atoms with E-state index in [1.165, 1.54) is 7.11 Å². The lowest BCUT2D eigenvalue weighted by Crippen LogP contribution is -2.46. The van der Waals surface area contributed by atoms with Gasteiger partial charge in [0.2, 0.25) is 5.88 Å². The van der Waals surface area contributed by atoms with E-state index in [1.807, 2.05) is 13.0 Å². The molecular formula is C20H21N3O4. The highest BCUT2D eigenvalue weighted by Gasteiger charge is 2.34. The van der Waals surface area contributed by atoms with Crippen molar-refractivity contribution in [2.75, 3.05) is 26.9 Å². The number of likely N-dealkylation sites (N-methyl/N-ethyl adjacent to an activating group) is 1. The van der Waals surface area contributed by atoms with Crippen LogP contribution in [-0.4, -0.2) is 59.9 Å². The smallest absolute Gasteiger partial charge is 0.254 e. The van der Waals surface area contributed by atoms with Crippen LogP contribution in [0.15, 0.2) is 36.5 Å². The van der Waals surface area contributed by atoms with E-state index in [4.69, 9.17) is 9.47 Å². The van der Waals surface area contributed by atoms with Gasteiger partial charge in [0, 0.05) is 23.9 Å². The summed E-state index contributed by atoms with van der Waals surface area (Å²) in [6.07, 6.45) is 0.875. The van der Waals surface area contributed by atoms with E-state index in [0.29, 0.717) is 29.8 Å². The van der Waals surface area contributed by atoms with Crippen molar-refractivity contribution in [3.8, 4) is 23.1 Å². The van der Waals surface area contributed by atoms with Crippen LogP contribution < -0.4 is 4.74 Å². The fourth-order valence-corrected chi connectivity index (χ4v) is 3.29. The molecule has 2 heterocycles. The first-order valence-electron chi connectivity index (χ1n) is 8.71. The van der Waals surface area contributed by atoms with Gasteiger partial charge in [-0.25, -0.2) is 4.98 Å². The molecule has 140 valence electrons. The molecule has 1 N–H and O–H groups in total. The monoisotopic (exact) mass is 367 g/mol. The summed E-state index contributed by atoms with van der Waals surface area (Å²) in [7, 11) is 1.46. The topological polar surface area (TPSA) is 95.7 Å². The molecule has 0 bridgehead atoms. The maximum Gasteiger partial charge on any atom is 0.254 e. The predicted molar refractivity (Wildman–Crippen MR) is 98.3 cm³/mol. The summed E-state index contributed by atoms with van der Waals surface area (Å²) >= 11 is 0. The average molecular weight is 367 g/mol. The van der Waals surface area contributed by atoms with Crippen LogP contribution in [0.4, 0.5) is 0 Å². The minimum Gasteiger partial charge on any atom is -0.480 e. The molecule has 7 heteroatoms. The number of methoxy groups -OCH3 is 1. The molecule has 27 heavy (non-hydrogen) atoms. The molecule has 1 saturated heterocycles. The molecule has 0 aliphatic carbocycles. The second-order valence-electron chi connectivity index (χ2n) is 6.20. The van der Waals surface area contributed by atoms with Gasteiger partial charge in [-0.15, -0.1) is 0 Å². The number of aliphatic hydroxyl groups is 1. The number of rotatable bonds is 5. The predicted octanol–water partition coefficient (Wildman–Crippen LogP) is 1.85. The third-order valence-corrected chi connectivity index (χ3v) is 4.67. The maximum absolute atomic E-state index is 13.0. The van der Waals surface area contributed by atoms with Crippen LogP contribution in [0.1, 0.15) is 22.8 Å². The van der Waals surface area contributed by atoms with Crippen molar-refractivity contribution in [3.05, 3.63) is 47.7 Å². The van der Waals surface area contributed by atoms with Crippen molar-refractivity contribution in [2.45, 2.75) is 19.1 Å². The largest absolute Gasteiger partial charge is 0.480 e. The first-order valence-corrected chi connectivity index (χ1v) is 8.71. The van der Waals surface area contributed by atoms with Crippen LogP contribution in [0.2, 0.25) is 0 Å². The van der Waals surface area contributed by atoms with E-state index in [9.17, 15) is 15.2 Å². The summed E-state index contributed by atoms with van der Waals surface area (Å²) in [5.74, 6) is 0.0570. The minimum absolute atomic E-state index is 0.187. The van der Waals surface area contributed by atoms with Gasteiger partial charge in [0.25, 0.3) is 5.91 Å². The van der Waals surface area contributed by atoms with E-state index < -0.39 is 6.10 Å². The summed E-state index contributed by atoms with van der Waals surface area (Å²) in [6.45, 7) is 2.88. The zero-order valence-electron chi connectivity index (χ0n) is 15.3. The molecular weight excluding hydrogens is 346 g/mol. The SMILES string of the molecule is CCN(C(=O)c1cccc(-c2ccnc(OC)c2C#N)c1)[C@H]1COC[C@@H]1O. The Morgan fingerprint density at radius 2 is 2.26 bits per heavy atom. The summed E-state index contributed by atoms with van der Waals surface area (Å²) in [5, 5.41) is 19.6. The molecule has 1 fully saturated rings. The Bertz CT molecular complexity index is 878. The summed E-state index contributed by atoms with van der Waals surface area (Å²) < 4.78 is 10.4. The van der Waals surface area contributed by atoms with Crippen LogP contribution in [0, 0.1) is 11.3 Å². The number of hydrogen-bond acceptors (Lipinski definition) is 6. The number of carbonyl (C=O) groups excluding carboxylic acids is 1. The number of aliphatic hydroxyl groups excluding tert-OH is 1. The lowest BCUT2D eigenvalue weighted by Gasteiger charge is -2.29. The van der Waals surface area contributed by atoms with Crippen molar-refractivity contribution in [3.63, 3.8) is 0 Å². The molecule has 0 saturated carbocycles. The van der Waals surface area contributed by atoms with Crippen LogP contribution >= 0.6 is 0 Å². The van der Waals surface area contributed by atoms with E-state index in [0.717, 1.165) is 5.56 Å². The van der Waals surface area contributed by atoms with Gasteiger partial charge < -0.3 is 19.5 Å². The third kappa shape index (κ3) is 3.63. The molecule has 3 rings (SSSR count). The van der Waals surface area contributed by atoms with E-state index >= 15 is 0 Å². The number of nitrogens with zero attached hydrogens (tertiary/aromatic N) is 3. The van der Waals surface area contributed by atoms with Crippen molar-refractivity contribution in [2.24, 2.45) is 0 Å². The van der Waals surface area contributed by atoms with Gasteiger partial charge in [0.05, 0.1) is 32.5 Å². The molecule has 1 aliphatic heterocycles. The number of hydrogen-bond donors (Lipinski definition) is 1. The van der Waals surface area contributed by atoms with Gasteiger partial charge >= 0.3 is 0 Å². The highest BCUT2D eigenvalue weighted by atomic mass is 16.5. The van der Waals surface area contributed by atoms with Crippen LogP contribution in [-0.2, 0) is 4.74 Å². The Balaban J connectivity index is 1.97. The average Bonchev–Trinajstić information content (AvgIpc) is 3.13. The standard InChI is InChI=1S/C20H21N3O4/c1-3-23(17-11-27-12-18(17)24)20(25)14-6-4-5-13(9-14)15-7-8-22-19(26-2)16(15)10-21/h4-9,17-18,24H,3,11-12H2,1-2H3/t17-,18-/m0/s1. The van der Waals surface area contributed by atoms with Crippen molar-refractivity contribution in [1.82, 2.24) is 9.88 Å². The second kappa shape index (κ2) is 8.16. The molecule has 1 aromatic carbocycles. The first-order chi connectivity index (χ1) is 13.1. The number of nitriles is 1. The molecule has 1 aliphatic rings. The number of pyridine rings is 1. The van der Waals surface area contributed by atoms with Crippen molar-refractivity contribution < 1.29 is 19.4 Å². The van der Waals surface area contributed by atoms with E-state index in [-0.39, 0.29) is 24.4 Å². The fraction of sp³-hybridized carbons (Fsp3) is 0.350. The maximum atomic E-state index is 13.0. The Morgan fingerprint density at radius 3 is 2.89 bits per heavy atom. The van der Waals surface area contributed by atoms with Gasteiger partial charge in [-0.05, 0) is 30.7 Å². The number of aromatic nitrogens is 1. The Morgan fingerprint density at radius 1 is 1.44 bits per heavy atom. The van der Waals surface area contributed by atoms with Gasteiger partial charge in [-0.2, -0.15) is 5.26 Å². The Kier molecular flexibility index (Phi) is 5.69. The van der Waals surface area contributed by atoms with E-state index in [2.05, 4.69) is 11.1 Å². The number of ether oxygens (including phenoxy) is 2. The quantitative estimate of drug-likeness (QED) is 0.866. The van der Waals surface area contributed by atoms with Crippen molar-refractivity contribution >= 4 is 5.91 Å². The van der Waals surface area contributed by atoms with Gasteiger partial charge in [0.15, 0.2) is 0 Å².